The molecule has 0 saturated heterocycles. The molecular formula is C32H37N3O5S2. The Bertz CT molecular complexity index is 1650. The van der Waals surface area contributed by atoms with Crippen LogP contribution in [0.3, 0.4) is 0 Å². The number of amides is 1. The van der Waals surface area contributed by atoms with Gasteiger partial charge in [0.05, 0.1) is 16.8 Å². The lowest BCUT2D eigenvalue weighted by Gasteiger charge is -2.57. The van der Waals surface area contributed by atoms with Crippen molar-refractivity contribution in [2.75, 3.05) is 27.1 Å². The van der Waals surface area contributed by atoms with Gasteiger partial charge in [-0.25, -0.2) is 16.8 Å². The molecule has 0 aliphatic heterocycles. The highest BCUT2D eigenvalue weighted by Crippen LogP contribution is 2.60. The van der Waals surface area contributed by atoms with Crippen molar-refractivity contribution in [3.05, 3.63) is 83.9 Å². The zero-order valence-electron chi connectivity index (χ0n) is 23.9. The number of carbonyl (C=O) groups excluding carboxylic acids is 1. The highest BCUT2D eigenvalue weighted by atomic mass is 32.2. The number of hydrogen-bond donors (Lipinski definition) is 2. The summed E-state index contributed by atoms with van der Waals surface area (Å²) in [4.78, 5) is 13.0. The van der Waals surface area contributed by atoms with E-state index in [-0.39, 0.29) is 10.3 Å². The molecule has 3 aromatic carbocycles. The van der Waals surface area contributed by atoms with Gasteiger partial charge in [-0.2, -0.15) is 0 Å². The van der Waals surface area contributed by atoms with Crippen LogP contribution in [0.5, 0.6) is 0 Å². The Hall–Kier alpha value is -3.37. The minimum Gasteiger partial charge on any atom is -0.325 e. The van der Waals surface area contributed by atoms with Gasteiger partial charge in [0.2, 0.25) is 15.9 Å². The highest BCUT2D eigenvalue weighted by molar-refractivity contribution is 7.92. The lowest BCUT2D eigenvalue weighted by Crippen LogP contribution is -2.48. The third-order valence-corrected chi connectivity index (χ3v) is 11.8. The van der Waals surface area contributed by atoms with Gasteiger partial charge in [-0.1, -0.05) is 29.8 Å². The summed E-state index contributed by atoms with van der Waals surface area (Å²) in [6.07, 6.45) is 8.83. The van der Waals surface area contributed by atoms with E-state index in [1.807, 2.05) is 31.2 Å². The zero-order valence-corrected chi connectivity index (χ0v) is 25.5. The first kappa shape index (κ1) is 28.7. The van der Waals surface area contributed by atoms with Gasteiger partial charge in [0.1, 0.15) is 6.54 Å². The van der Waals surface area contributed by atoms with E-state index in [0.717, 1.165) is 33.9 Å². The molecule has 0 unspecified atom stereocenters. The molecule has 8 nitrogen and oxygen atoms in total. The van der Waals surface area contributed by atoms with Crippen molar-refractivity contribution >= 4 is 43.0 Å². The number of carbonyl (C=O) groups is 1. The number of nitrogens with one attached hydrogen (secondary N) is 2. The molecular weight excluding hydrogens is 571 g/mol. The molecule has 4 saturated carbocycles. The van der Waals surface area contributed by atoms with Crippen molar-refractivity contribution in [3.63, 3.8) is 0 Å². The van der Waals surface area contributed by atoms with E-state index >= 15 is 0 Å². The summed E-state index contributed by atoms with van der Waals surface area (Å²) in [5.41, 5.74) is 3.77. The number of sulfonamides is 2. The summed E-state index contributed by atoms with van der Waals surface area (Å²) in [6, 6.07) is 20.5. The van der Waals surface area contributed by atoms with Crippen LogP contribution < -0.4 is 14.3 Å². The Morgan fingerprint density at radius 1 is 0.786 bits per heavy atom. The van der Waals surface area contributed by atoms with Crippen LogP contribution in [0.15, 0.2) is 77.7 Å². The van der Waals surface area contributed by atoms with E-state index in [4.69, 9.17) is 0 Å². The normalized spacial score (nSPS) is 24.8. The maximum atomic E-state index is 12.9. The largest absolute Gasteiger partial charge is 0.325 e. The predicted octanol–water partition coefficient (Wildman–Crippen LogP) is 5.67. The summed E-state index contributed by atoms with van der Waals surface area (Å²) < 4.78 is 54.6. The van der Waals surface area contributed by atoms with E-state index in [1.165, 1.54) is 68.4 Å². The van der Waals surface area contributed by atoms with Crippen LogP contribution in [0.25, 0.3) is 0 Å². The van der Waals surface area contributed by atoms with Gasteiger partial charge < -0.3 is 5.32 Å². The van der Waals surface area contributed by atoms with E-state index in [2.05, 4.69) is 22.2 Å². The summed E-state index contributed by atoms with van der Waals surface area (Å²) in [7, 11) is -7.55. The van der Waals surface area contributed by atoms with Crippen LogP contribution in [0, 0.1) is 24.7 Å². The smallest absolute Gasteiger partial charge is 0.261 e. The van der Waals surface area contributed by atoms with Gasteiger partial charge in [0, 0.05) is 11.4 Å². The number of aryl methyl sites for hydroxylation is 1. The predicted molar refractivity (Wildman–Crippen MR) is 166 cm³/mol. The van der Waals surface area contributed by atoms with Crippen molar-refractivity contribution in [3.8, 4) is 0 Å². The van der Waals surface area contributed by atoms with Crippen LogP contribution in [-0.2, 0) is 30.3 Å². The summed E-state index contributed by atoms with van der Waals surface area (Å²) in [5, 5.41) is 2.69. The number of hydrogen-bond acceptors (Lipinski definition) is 5. The van der Waals surface area contributed by atoms with Crippen molar-refractivity contribution in [2.24, 2.45) is 17.8 Å². The van der Waals surface area contributed by atoms with E-state index in [0.29, 0.717) is 17.1 Å². The fourth-order valence-corrected chi connectivity index (χ4v) is 9.64. The molecule has 0 aromatic heterocycles. The topological polar surface area (TPSA) is 113 Å². The van der Waals surface area contributed by atoms with Gasteiger partial charge in [-0.05, 0) is 123 Å². The molecule has 4 aliphatic rings. The minimum absolute atomic E-state index is 0.0398. The Labute approximate surface area is 248 Å². The molecule has 0 radical (unpaired) electrons. The van der Waals surface area contributed by atoms with E-state index in [1.54, 1.807) is 12.1 Å². The van der Waals surface area contributed by atoms with Gasteiger partial charge in [0.15, 0.2) is 0 Å². The molecule has 4 bridgehead atoms. The third kappa shape index (κ3) is 5.92. The lowest BCUT2D eigenvalue weighted by atomic mass is 9.48. The van der Waals surface area contributed by atoms with Crippen LogP contribution in [0.1, 0.15) is 49.7 Å². The molecule has 1 amide bonds. The monoisotopic (exact) mass is 607 g/mol. The first-order valence-corrected chi connectivity index (χ1v) is 17.8. The molecule has 2 N–H and O–H groups in total. The fraction of sp³-hybridized carbons (Fsp3) is 0.406. The molecule has 42 heavy (non-hydrogen) atoms. The lowest BCUT2D eigenvalue weighted by molar-refractivity contribution is -0.114. The summed E-state index contributed by atoms with van der Waals surface area (Å²) >= 11 is 0. The second-order valence-corrected chi connectivity index (χ2v) is 16.1. The first-order chi connectivity index (χ1) is 19.9. The molecule has 10 heteroatoms. The molecule has 0 spiro atoms. The SMILES string of the molecule is Cc1ccc(NS(=O)(=O)c2ccc(NC(=O)CN(c3ccc(C45CC6CC(CC(C6)C4)C5)cc3)S(C)(=O)=O)cc2)cc1. The number of benzene rings is 3. The van der Waals surface area contributed by atoms with Gasteiger partial charge >= 0.3 is 0 Å². The fourth-order valence-electron chi connectivity index (χ4n) is 7.73. The number of anilines is 3. The van der Waals surface area contributed by atoms with Crippen molar-refractivity contribution < 1.29 is 21.6 Å². The second kappa shape index (κ2) is 10.7. The quantitative estimate of drug-likeness (QED) is 0.326. The summed E-state index contributed by atoms with van der Waals surface area (Å²) in [6.45, 7) is 1.52. The van der Waals surface area contributed by atoms with Crippen LogP contribution >= 0.6 is 0 Å². The van der Waals surface area contributed by atoms with Crippen molar-refractivity contribution in [2.45, 2.75) is 55.8 Å². The Kier molecular flexibility index (Phi) is 7.33. The van der Waals surface area contributed by atoms with E-state index < -0.39 is 32.5 Å². The number of nitrogens with zero attached hydrogens (tertiary/aromatic N) is 1. The molecule has 4 aliphatic carbocycles. The van der Waals surface area contributed by atoms with Gasteiger partial charge in [-0.15, -0.1) is 0 Å². The van der Waals surface area contributed by atoms with Crippen LogP contribution in [-0.4, -0.2) is 35.5 Å². The minimum atomic E-state index is -3.81. The number of rotatable bonds is 9. The van der Waals surface area contributed by atoms with Gasteiger partial charge in [-0.3, -0.25) is 13.8 Å². The zero-order chi connectivity index (χ0) is 29.7. The Morgan fingerprint density at radius 2 is 1.31 bits per heavy atom. The second-order valence-electron chi connectivity index (χ2n) is 12.6. The van der Waals surface area contributed by atoms with Crippen molar-refractivity contribution in [1.82, 2.24) is 0 Å². The Balaban J connectivity index is 1.12. The van der Waals surface area contributed by atoms with Gasteiger partial charge in [0.25, 0.3) is 10.0 Å². The maximum Gasteiger partial charge on any atom is 0.261 e. The maximum absolute atomic E-state index is 12.9. The van der Waals surface area contributed by atoms with Crippen LogP contribution in [0.4, 0.5) is 17.1 Å². The molecule has 3 aromatic rings. The highest BCUT2D eigenvalue weighted by Gasteiger charge is 2.51. The molecule has 4 fully saturated rings. The molecule has 0 heterocycles. The molecule has 7 rings (SSSR count). The Morgan fingerprint density at radius 3 is 1.83 bits per heavy atom. The molecule has 222 valence electrons. The average Bonchev–Trinajstić information content (AvgIpc) is 2.92. The van der Waals surface area contributed by atoms with Crippen molar-refractivity contribution in [1.29, 1.82) is 0 Å². The average molecular weight is 608 g/mol. The first-order valence-electron chi connectivity index (χ1n) is 14.5. The molecule has 0 atom stereocenters. The standard InChI is InChI=1S/C32H37N3O5S2/c1-22-3-7-28(8-4-22)34-42(39,40)30-13-9-27(10-14-30)33-31(36)21-35(41(2,37)38)29-11-5-26(6-12-29)32-18-23-15-24(19-32)17-25(16-23)20-32/h3-14,23-25,34H,15-21H2,1-2H3,(H,33,36). The summed E-state index contributed by atoms with van der Waals surface area (Å²) in [5.74, 6) is 1.90. The third-order valence-electron chi connectivity index (χ3n) is 9.25. The van der Waals surface area contributed by atoms with Crippen LogP contribution in [0.2, 0.25) is 0 Å². The van der Waals surface area contributed by atoms with E-state index in [9.17, 15) is 21.6 Å².